The van der Waals surface area contributed by atoms with Crippen molar-refractivity contribution in [3.8, 4) is 0 Å². The van der Waals surface area contributed by atoms with Crippen LogP contribution >= 0.6 is 0 Å². The maximum absolute atomic E-state index is 12.3. The largest absolute Gasteiger partial charge is 0.384 e. The van der Waals surface area contributed by atoms with Crippen LogP contribution in [0.4, 0.5) is 0 Å². The van der Waals surface area contributed by atoms with Crippen molar-refractivity contribution in [1.82, 2.24) is 15.0 Å². The van der Waals surface area contributed by atoms with Gasteiger partial charge in [-0.1, -0.05) is 5.16 Å². The Kier molecular flexibility index (Phi) is 4.72. The molecule has 1 amide bonds. The number of carbonyl (C=O) groups excluding carboxylic acids is 1. The van der Waals surface area contributed by atoms with Crippen molar-refractivity contribution < 1.29 is 18.8 Å². The summed E-state index contributed by atoms with van der Waals surface area (Å²) in [5, 5.41) is 3.85. The monoisotopic (exact) mass is 283 g/mol. The zero-order chi connectivity index (χ0) is 14.6. The molecule has 0 bridgehead atoms. The number of ether oxygens (including phenoxy) is 2. The van der Waals surface area contributed by atoms with E-state index < -0.39 is 5.60 Å². The third kappa shape index (κ3) is 3.34. The summed E-state index contributed by atoms with van der Waals surface area (Å²) in [5.74, 6) is 0.964. The Morgan fingerprint density at radius 1 is 1.55 bits per heavy atom. The molecule has 7 heteroatoms. The minimum atomic E-state index is -0.715. The number of hydrogen-bond donors (Lipinski definition) is 0. The molecule has 112 valence electrons. The van der Waals surface area contributed by atoms with E-state index in [0.717, 1.165) is 12.8 Å². The van der Waals surface area contributed by atoms with Gasteiger partial charge in [-0.25, -0.2) is 0 Å². The lowest BCUT2D eigenvalue weighted by atomic mass is 10.0. The summed E-state index contributed by atoms with van der Waals surface area (Å²) in [6, 6.07) is 0. The molecular formula is C13H21N3O4. The van der Waals surface area contributed by atoms with E-state index in [0.29, 0.717) is 31.3 Å². The van der Waals surface area contributed by atoms with E-state index >= 15 is 0 Å². The van der Waals surface area contributed by atoms with Gasteiger partial charge < -0.3 is 18.9 Å². The maximum atomic E-state index is 12.3. The summed E-state index contributed by atoms with van der Waals surface area (Å²) >= 11 is 0. The molecular weight excluding hydrogens is 262 g/mol. The predicted molar refractivity (Wildman–Crippen MR) is 69.9 cm³/mol. The Morgan fingerprint density at radius 3 is 3.00 bits per heavy atom. The summed E-state index contributed by atoms with van der Waals surface area (Å²) in [5.41, 5.74) is -0.715. The second-order valence-corrected chi connectivity index (χ2v) is 5.19. The first kappa shape index (κ1) is 14.9. The van der Waals surface area contributed by atoms with Crippen LogP contribution in [0.25, 0.3) is 0 Å². The lowest BCUT2D eigenvalue weighted by molar-refractivity contribution is -0.150. The summed E-state index contributed by atoms with van der Waals surface area (Å²) in [6.07, 6.45) is 2.26. The van der Waals surface area contributed by atoms with Crippen molar-refractivity contribution in [2.24, 2.45) is 0 Å². The molecule has 2 heterocycles. The molecule has 1 saturated heterocycles. The Labute approximate surface area is 118 Å². The molecule has 1 aromatic rings. The van der Waals surface area contributed by atoms with Crippen LogP contribution < -0.4 is 0 Å². The van der Waals surface area contributed by atoms with Gasteiger partial charge in [0, 0.05) is 27.2 Å². The van der Waals surface area contributed by atoms with E-state index in [1.54, 1.807) is 19.1 Å². The van der Waals surface area contributed by atoms with Crippen LogP contribution in [0, 0.1) is 0 Å². The molecule has 0 aromatic carbocycles. The summed E-state index contributed by atoms with van der Waals surface area (Å²) in [4.78, 5) is 18.1. The predicted octanol–water partition coefficient (Wildman–Crippen LogP) is 0.786. The number of carbonyl (C=O) groups is 1. The molecule has 2 rings (SSSR count). The number of likely N-dealkylation sites (N-methyl/N-ethyl adjacent to an activating group) is 1. The van der Waals surface area contributed by atoms with Crippen LogP contribution in [0.5, 0.6) is 0 Å². The fourth-order valence-corrected chi connectivity index (χ4v) is 2.28. The number of amides is 1. The Balaban J connectivity index is 1.92. The standard InChI is InChI=1S/C13H21N3O4/c1-13(6-4-7-19-13)12(17)16(2)9-11-14-10(15-20-11)5-8-18-3/h4-9H2,1-3H3/t13-/m1/s1. The number of hydrogen-bond acceptors (Lipinski definition) is 6. The zero-order valence-electron chi connectivity index (χ0n) is 12.2. The molecule has 0 N–H and O–H groups in total. The quantitative estimate of drug-likeness (QED) is 0.768. The Morgan fingerprint density at radius 2 is 2.35 bits per heavy atom. The molecule has 7 nitrogen and oxygen atoms in total. The molecule has 1 aliphatic rings. The lowest BCUT2D eigenvalue weighted by Crippen LogP contribution is -2.44. The van der Waals surface area contributed by atoms with Gasteiger partial charge in [0.2, 0.25) is 5.89 Å². The summed E-state index contributed by atoms with van der Waals surface area (Å²) in [7, 11) is 3.34. The topological polar surface area (TPSA) is 77.7 Å². The van der Waals surface area contributed by atoms with Crippen LogP contribution in [0.1, 0.15) is 31.5 Å². The Hall–Kier alpha value is -1.47. The van der Waals surface area contributed by atoms with Crippen LogP contribution in [0.3, 0.4) is 0 Å². The fourth-order valence-electron chi connectivity index (χ4n) is 2.28. The van der Waals surface area contributed by atoms with Crippen molar-refractivity contribution in [3.63, 3.8) is 0 Å². The zero-order valence-corrected chi connectivity index (χ0v) is 12.2. The van der Waals surface area contributed by atoms with Crippen molar-refractivity contribution >= 4 is 5.91 Å². The second-order valence-electron chi connectivity index (χ2n) is 5.19. The van der Waals surface area contributed by atoms with Gasteiger partial charge in [-0.15, -0.1) is 0 Å². The van der Waals surface area contributed by atoms with Crippen molar-refractivity contribution in [1.29, 1.82) is 0 Å². The first-order chi connectivity index (χ1) is 9.55. The number of nitrogens with zero attached hydrogens (tertiary/aromatic N) is 3. The molecule has 0 radical (unpaired) electrons. The highest BCUT2D eigenvalue weighted by molar-refractivity contribution is 5.84. The molecule has 1 aliphatic heterocycles. The minimum Gasteiger partial charge on any atom is -0.384 e. The number of methoxy groups -OCH3 is 1. The van der Waals surface area contributed by atoms with Crippen molar-refractivity contribution in [2.45, 2.75) is 38.3 Å². The number of aromatic nitrogens is 2. The smallest absolute Gasteiger partial charge is 0.254 e. The average molecular weight is 283 g/mol. The van der Waals surface area contributed by atoms with Crippen molar-refractivity contribution in [2.75, 3.05) is 27.4 Å². The first-order valence-electron chi connectivity index (χ1n) is 6.75. The fraction of sp³-hybridized carbons (Fsp3) is 0.769. The molecule has 1 fully saturated rings. The van der Waals surface area contributed by atoms with E-state index in [9.17, 15) is 4.79 Å². The van der Waals surface area contributed by atoms with Crippen LogP contribution in [-0.4, -0.2) is 53.9 Å². The average Bonchev–Trinajstić information content (AvgIpc) is 3.05. The minimum absolute atomic E-state index is 0.0494. The van der Waals surface area contributed by atoms with Crippen LogP contribution in [0.2, 0.25) is 0 Å². The van der Waals surface area contributed by atoms with Gasteiger partial charge in [0.1, 0.15) is 5.60 Å². The molecule has 1 aromatic heterocycles. The highest BCUT2D eigenvalue weighted by Gasteiger charge is 2.39. The summed E-state index contributed by atoms with van der Waals surface area (Å²) < 4.78 is 15.6. The van der Waals surface area contributed by atoms with Gasteiger partial charge in [0.25, 0.3) is 5.91 Å². The molecule has 0 saturated carbocycles. The SMILES string of the molecule is COCCc1noc(CN(C)C(=O)[C@@]2(C)CCCO2)n1. The molecule has 0 aliphatic carbocycles. The van der Waals surface area contributed by atoms with Crippen LogP contribution in [-0.2, 0) is 27.2 Å². The van der Waals surface area contributed by atoms with Crippen molar-refractivity contribution in [3.05, 3.63) is 11.7 Å². The normalized spacial score (nSPS) is 22.1. The second kappa shape index (κ2) is 6.32. The molecule has 20 heavy (non-hydrogen) atoms. The molecule has 0 spiro atoms. The Bertz CT molecular complexity index is 454. The molecule has 0 unspecified atom stereocenters. The van der Waals surface area contributed by atoms with Gasteiger partial charge in [-0.2, -0.15) is 4.98 Å². The number of rotatable bonds is 6. The lowest BCUT2D eigenvalue weighted by Gasteiger charge is -2.27. The summed E-state index contributed by atoms with van der Waals surface area (Å²) in [6.45, 7) is 3.30. The third-order valence-electron chi connectivity index (χ3n) is 3.43. The molecule has 1 atom stereocenters. The van der Waals surface area contributed by atoms with Gasteiger partial charge in [-0.3, -0.25) is 4.79 Å². The first-order valence-corrected chi connectivity index (χ1v) is 6.75. The third-order valence-corrected chi connectivity index (χ3v) is 3.43. The van der Waals surface area contributed by atoms with Gasteiger partial charge in [0.15, 0.2) is 5.82 Å². The maximum Gasteiger partial charge on any atom is 0.254 e. The van der Waals surface area contributed by atoms with Gasteiger partial charge in [0.05, 0.1) is 13.2 Å². The highest BCUT2D eigenvalue weighted by atomic mass is 16.5. The van der Waals surface area contributed by atoms with E-state index in [1.165, 1.54) is 0 Å². The van der Waals surface area contributed by atoms with Crippen LogP contribution in [0.15, 0.2) is 4.52 Å². The van der Waals surface area contributed by atoms with E-state index in [-0.39, 0.29) is 12.5 Å². The van der Waals surface area contributed by atoms with E-state index in [2.05, 4.69) is 10.1 Å². The van der Waals surface area contributed by atoms with E-state index in [1.807, 2.05) is 6.92 Å². The highest BCUT2D eigenvalue weighted by Crippen LogP contribution is 2.27. The van der Waals surface area contributed by atoms with E-state index in [4.69, 9.17) is 14.0 Å². The van der Waals surface area contributed by atoms with Gasteiger partial charge >= 0.3 is 0 Å². The van der Waals surface area contributed by atoms with Gasteiger partial charge in [-0.05, 0) is 19.8 Å².